The van der Waals surface area contributed by atoms with Gasteiger partial charge in [0, 0.05) is 31.6 Å². The molecule has 19 heavy (non-hydrogen) atoms. The van der Waals surface area contributed by atoms with Gasteiger partial charge in [-0.25, -0.2) is 0 Å². The van der Waals surface area contributed by atoms with Crippen LogP contribution in [-0.4, -0.2) is 35.8 Å². The molecule has 1 fully saturated rings. The van der Waals surface area contributed by atoms with Crippen LogP contribution >= 0.6 is 0 Å². The minimum Gasteiger partial charge on any atom is -0.352 e. The summed E-state index contributed by atoms with van der Waals surface area (Å²) >= 11 is 0. The van der Waals surface area contributed by atoms with Gasteiger partial charge in [-0.3, -0.25) is 9.59 Å². The summed E-state index contributed by atoms with van der Waals surface area (Å²) in [4.78, 5) is 25.2. The largest absolute Gasteiger partial charge is 0.352 e. The van der Waals surface area contributed by atoms with E-state index < -0.39 is 0 Å². The highest BCUT2D eigenvalue weighted by Crippen LogP contribution is 2.23. The van der Waals surface area contributed by atoms with Crippen molar-refractivity contribution in [3.63, 3.8) is 0 Å². The van der Waals surface area contributed by atoms with Gasteiger partial charge in [-0.15, -0.1) is 0 Å². The zero-order valence-corrected chi connectivity index (χ0v) is 11.7. The lowest BCUT2D eigenvalue weighted by Crippen LogP contribution is -2.37. The lowest BCUT2D eigenvalue weighted by Gasteiger charge is -2.20. The van der Waals surface area contributed by atoms with E-state index >= 15 is 0 Å². The first-order valence-electron chi connectivity index (χ1n) is 7.05. The number of nitrogens with zero attached hydrogens (tertiary/aromatic N) is 1. The van der Waals surface area contributed by atoms with Crippen LogP contribution in [0.5, 0.6) is 0 Å². The minimum atomic E-state index is -0.0216. The van der Waals surface area contributed by atoms with E-state index in [2.05, 4.69) is 18.3 Å². The number of nitrogens with one attached hydrogen (secondary N) is 1. The van der Waals surface area contributed by atoms with Crippen molar-refractivity contribution in [2.45, 2.75) is 45.6 Å². The van der Waals surface area contributed by atoms with Crippen LogP contribution in [0.4, 0.5) is 0 Å². The van der Waals surface area contributed by atoms with E-state index in [1.54, 1.807) is 0 Å². The lowest BCUT2D eigenvalue weighted by atomic mass is 9.96. The van der Waals surface area contributed by atoms with Gasteiger partial charge in [0.2, 0.25) is 11.8 Å². The summed E-state index contributed by atoms with van der Waals surface area (Å²) in [6, 6.07) is 0.118. The van der Waals surface area contributed by atoms with E-state index in [1.807, 2.05) is 11.0 Å². The second-order valence-electron chi connectivity index (χ2n) is 5.31. The van der Waals surface area contributed by atoms with E-state index in [1.165, 1.54) is 12.5 Å². The molecule has 1 saturated heterocycles. The molecule has 0 aromatic rings. The van der Waals surface area contributed by atoms with E-state index in [9.17, 15) is 9.59 Å². The summed E-state index contributed by atoms with van der Waals surface area (Å²) in [5.74, 6) is 0.117. The Morgan fingerprint density at radius 1 is 1.37 bits per heavy atom. The molecule has 2 amide bonds. The standard InChI is InChI=1S/C15H22N2O2/c1-3-12-4-6-13(7-5-12)15(19)17-9-8-14(10-17)16-11(2)18/h4,6,14H,3,5,7-10H2,1-2H3,(H,16,18). The molecule has 4 heteroatoms. The maximum absolute atomic E-state index is 12.3. The molecule has 2 aliphatic rings. The first-order valence-corrected chi connectivity index (χ1v) is 7.05. The fourth-order valence-corrected chi connectivity index (χ4v) is 2.71. The Balaban J connectivity index is 1.93. The van der Waals surface area contributed by atoms with Crippen LogP contribution < -0.4 is 5.32 Å². The van der Waals surface area contributed by atoms with Crippen molar-refractivity contribution in [3.05, 3.63) is 23.3 Å². The topological polar surface area (TPSA) is 49.4 Å². The third-order valence-electron chi connectivity index (χ3n) is 3.85. The van der Waals surface area contributed by atoms with Gasteiger partial charge in [0.05, 0.1) is 0 Å². The molecule has 1 heterocycles. The molecule has 0 aromatic carbocycles. The summed E-state index contributed by atoms with van der Waals surface area (Å²) in [7, 11) is 0. The van der Waals surface area contributed by atoms with Crippen LogP contribution in [0.25, 0.3) is 0 Å². The minimum absolute atomic E-state index is 0.0216. The Bertz CT molecular complexity index is 437. The molecule has 1 aliphatic heterocycles. The van der Waals surface area contributed by atoms with Crippen LogP contribution in [0.2, 0.25) is 0 Å². The molecule has 0 spiro atoms. The summed E-state index contributed by atoms with van der Waals surface area (Å²) in [5, 5.41) is 2.88. The third kappa shape index (κ3) is 3.46. The van der Waals surface area contributed by atoms with Crippen LogP contribution in [0.1, 0.15) is 39.5 Å². The maximum Gasteiger partial charge on any atom is 0.249 e. The normalized spacial score (nSPS) is 22.8. The molecule has 1 atom stereocenters. The summed E-state index contributed by atoms with van der Waals surface area (Å²) < 4.78 is 0. The molecule has 4 nitrogen and oxygen atoms in total. The Morgan fingerprint density at radius 3 is 2.74 bits per heavy atom. The SMILES string of the molecule is CCC1=CC=C(C(=O)N2CCC(NC(C)=O)C2)CC1. The smallest absolute Gasteiger partial charge is 0.249 e. The van der Waals surface area contributed by atoms with Gasteiger partial charge in [-0.1, -0.05) is 24.6 Å². The fraction of sp³-hybridized carbons (Fsp3) is 0.600. The van der Waals surface area contributed by atoms with Crippen molar-refractivity contribution < 1.29 is 9.59 Å². The number of carbonyl (C=O) groups is 2. The van der Waals surface area contributed by atoms with Crippen molar-refractivity contribution in [2.75, 3.05) is 13.1 Å². The predicted octanol–water partition coefficient (Wildman–Crippen LogP) is 1.78. The van der Waals surface area contributed by atoms with Gasteiger partial charge in [0.1, 0.15) is 0 Å². The number of carbonyl (C=O) groups excluding carboxylic acids is 2. The Hall–Kier alpha value is -1.58. The fourth-order valence-electron chi connectivity index (χ4n) is 2.71. The highest BCUT2D eigenvalue weighted by atomic mass is 16.2. The van der Waals surface area contributed by atoms with Crippen molar-refractivity contribution >= 4 is 11.8 Å². The Morgan fingerprint density at radius 2 is 2.16 bits per heavy atom. The number of allylic oxidation sites excluding steroid dienone is 3. The molecule has 2 rings (SSSR count). The average molecular weight is 262 g/mol. The number of rotatable bonds is 3. The molecule has 0 bridgehead atoms. The van der Waals surface area contributed by atoms with Gasteiger partial charge in [-0.2, -0.15) is 0 Å². The zero-order chi connectivity index (χ0) is 13.8. The van der Waals surface area contributed by atoms with Gasteiger partial charge >= 0.3 is 0 Å². The second-order valence-corrected chi connectivity index (χ2v) is 5.31. The zero-order valence-electron chi connectivity index (χ0n) is 11.7. The summed E-state index contributed by atoms with van der Waals surface area (Å²) in [6.07, 6.45) is 7.81. The second kappa shape index (κ2) is 6.04. The highest BCUT2D eigenvalue weighted by molar-refractivity contribution is 5.94. The molecular formula is C15H22N2O2. The van der Waals surface area contributed by atoms with Crippen molar-refractivity contribution in [3.8, 4) is 0 Å². The number of hydrogen-bond acceptors (Lipinski definition) is 2. The van der Waals surface area contributed by atoms with Gasteiger partial charge < -0.3 is 10.2 Å². The molecule has 104 valence electrons. The summed E-state index contributed by atoms with van der Waals surface area (Å²) in [5.41, 5.74) is 2.31. The third-order valence-corrected chi connectivity index (χ3v) is 3.85. The Kier molecular flexibility index (Phi) is 4.40. The Labute approximate surface area is 114 Å². The van der Waals surface area contributed by atoms with Crippen molar-refractivity contribution in [1.29, 1.82) is 0 Å². The molecule has 1 N–H and O–H groups in total. The lowest BCUT2D eigenvalue weighted by molar-refractivity contribution is -0.126. The van der Waals surface area contributed by atoms with Gasteiger partial charge in [-0.05, 0) is 25.7 Å². The number of hydrogen-bond donors (Lipinski definition) is 1. The van der Waals surface area contributed by atoms with E-state index in [0.717, 1.165) is 37.8 Å². The van der Waals surface area contributed by atoms with Crippen molar-refractivity contribution in [1.82, 2.24) is 10.2 Å². The van der Waals surface area contributed by atoms with Crippen LogP contribution in [0.15, 0.2) is 23.3 Å². The first kappa shape index (κ1) is 13.8. The van der Waals surface area contributed by atoms with Crippen LogP contribution in [0.3, 0.4) is 0 Å². The van der Waals surface area contributed by atoms with Gasteiger partial charge in [0.25, 0.3) is 0 Å². The predicted molar refractivity (Wildman–Crippen MR) is 74.5 cm³/mol. The molecule has 1 unspecified atom stereocenters. The van der Waals surface area contributed by atoms with Crippen LogP contribution in [0, 0.1) is 0 Å². The quantitative estimate of drug-likeness (QED) is 0.843. The van der Waals surface area contributed by atoms with Crippen molar-refractivity contribution in [2.24, 2.45) is 0 Å². The van der Waals surface area contributed by atoms with E-state index in [4.69, 9.17) is 0 Å². The first-order chi connectivity index (χ1) is 9.10. The van der Waals surface area contributed by atoms with Gasteiger partial charge in [0.15, 0.2) is 0 Å². The average Bonchev–Trinajstić information content (AvgIpc) is 2.85. The monoisotopic (exact) mass is 262 g/mol. The van der Waals surface area contributed by atoms with E-state index in [0.29, 0.717) is 6.54 Å². The number of likely N-dealkylation sites (tertiary alicyclic amines) is 1. The highest BCUT2D eigenvalue weighted by Gasteiger charge is 2.28. The van der Waals surface area contributed by atoms with E-state index in [-0.39, 0.29) is 17.9 Å². The van der Waals surface area contributed by atoms with Crippen LogP contribution in [-0.2, 0) is 9.59 Å². The molecule has 0 aromatic heterocycles. The molecule has 0 radical (unpaired) electrons. The molecule has 1 aliphatic carbocycles. The molecule has 0 saturated carbocycles. The summed E-state index contributed by atoms with van der Waals surface area (Å²) in [6.45, 7) is 5.04. The maximum atomic E-state index is 12.3. The number of amides is 2. The molecular weight excluding hydrogens is 240 g/mol.